The molecule has 1 heterocycles. The number of nitrogens with zero attached hydrogens (tertiary/aromatic N) is 1. The number of hydrogen-bond donors (Lipinski definition) is 2. The molecule has 0 aliphatic carbocycles. The Labute approximate surface area is 160 Å². The van der Waals surface area contributed by atoms with Crippen molar-refractivity contribution in [3.05, 3.63) is 95.2 Å². The number of rotatable bonds is 4. The first-order valence-corrected chi connectivity index (χ1v) is 8.87. The largest absolute Gasteiger partial charge is 0.502 e. The highest BCUT2D eigenvalue weighted by Gasteiger charge is 2.23. The van der Waals surface area contributed by atoms with Gasteiger partial charge >= 0.3 is 0 Å². The summed E-state index contributed by atoms with van der Waals surface area (Å²) in [4.78, 5) is 0.433. The minimum absolute atomic E-state index is 0.108. The number of aliphatic hydroxyl groups is 1. The van der Waals surface area contributed by atoms with Crippen molar-refractivity contribution in [3.8, 4) is 0 Å². The topological polar surface area (TPSA) is 36.1 Å². The third kappa shape index (κ3) is 4.32. The van der Waals surface area contributed by atoms with Gasteiger partial charge in [-0.15, -0.1) is 0 Å². The van der Waals surface area contributed by atoms with Crippen LogP contribution in [0.15, 0.2) is 89.7 Å². The van der Waals surface area contributed by atoms with Crippen molar-refractivity contribution >= 4 is 50.3 Å². The van der Waals surface area contributed by atoms with Crippen LogP contribution in [0.5, 0.6) is 0 Å². The summed E-state index contributed by atoms with van der Waals surface area (Å²) in [5, 5.41) is 14.1. The molecule has 0 amide bonds. The quantitative estimate of drug-likeness (QED) is 0.272. The van der Waals surface area contributed by atoms with Crippen LogP contribution in [0.1, 0.15) is 5.56 Å². The van der Waals surface area contributed by atoms with E-state index in [1.807, 2.05) is 85.2 Å². The third-order valence-corrected chi connectivity index (χ3v) is 4.39. The SMILES string of the molecule is O/C(=C(/C(=S)Nc1ccccc1)[n+]1ccccc1)c1ccc(Br)cc1. The van der Waals surface area contributed by atoms with E-state index in [0.717, 1.165) is 10.2 Å². The Bertz CT molecular complexity index is 894. The highest BCUT2D eigenvalue weighted by Crippen LogP contribution is 2.21. The highest BCUT2D eigenvalue weighted by molar-refractivity contribution is 9.10. The van der Waals surface area contributed by atoms with Gasteiger partial charge in [0.2, 0.25) is 0 Å². The fourth-order valence-electron chi connectivity index (χ4n) is 2.35. The maximum Gasteiger partial charge on any atom is 0.288 e. The fourth-order valence-corrected chi connectivity index (χ4v) is 2.94. The van der Waals surface area contributed by atoms with Gasteiger partial charge in [-0.25, -0.2) is 0 Å². The van der Waals surface area contributed by atoms with Gasteiger partial charge in [-0.3, -0.25) is 0 Å². The monoisotopic (exact) mass is 411 g/mol. The van der Waals surface area contributed by atoms with Crippen LogP contribution < -0.4 is 9.88 Å². The number of benzene rings is 2. The Hall–Kier alpha value is -2.50. The van der Waals surface area contributed by atoms with Crippen molar-refractivity contribution < 1.29 is 9.67 Å². The molecule has 0 bridgehead atoms. The summed E-state index contributed by atoms with van der Waals surface area (Å²) >= 11 is 8.99. The van der Waals surface area contributed by atoms with E-state index in [-0.39, 0.29) is 5.76 Å². The zero-order valence-corrected chi connectivity index (χ0v) is 15.7. The second kappa shape index (κ2) is 8.05. The zero-order valence-electron chi connectivity index (χ0n) is 13.3. The molecule has 0 saturated heterocycles. The Morgan fingerprint density at radius 2 is 1.48 bits per heavy atom. The number of para-hydroxylation sites is 1. The lowest BCUT2D eigenvalue weighted by molar-refractivity contribution is -0.575. The summed E-state index contributed by atoms with van der Waals surface area (Å²) in [6.45, 7) is 0. The van der Waals surface area contributed by atoms with E-state index in [4.69, 9.17) is 12.2 Å². The first kappa shape index (κ1) is 17.3. The van der Waals surface area contributed by atoms with Crippen LogP contribution in [0.25, 0.3) is 11.5 Å². The van der Waals surface area contributed by atoms with Crippen molar-refractivity contribution in [1.29, 1.82) is 0 Å². The molecule has 3 nitrogen and oxygen atoms in total. The number of halogens is 1. The Balaban J connectivity index is 2.05. The maximum atomic E-state index is 10.9. The van der Waals surface area contributed by atoms with Gasteiger partial charge in [-0.05, 0) is 36.4 Å². The summed E-state index contributed by atoms with van der Waals surface area (Å²) in [7, 11) is 0. The van der Waals surface area contributed by atoms with Crippen molar-refractivity contribution in [1.82, 2.24) is 0 Å². The Kier molecular flexibility index (Phi) is 5.58. The third-order valence-electron chi connectivity index (χ3n) is 3.56. The van der Waals surface area contributed by atoms with Gasteiger partial charge < -0.3 is 10.4 Å². The zero-order chi connectivity index (χ0) is 17.6. The predicted molar refractivity (Wildman–Crippen MR) is 109 cm³/mol. The van der Waals surface area contributed by atoms with Crippen LogP contribution in [0.4, 0.5) is 5.69 Å². The van der Waals surface area contributed by atoms with E-state index < -0.39 is 0 Å². The Morgan fingerprint density at radius 3 is 2.12 bits per heavy atom. The molecule has 0 fully saturated rings. The molecule has 0 radical (unpaired) electrons. The summed E-state index contributed by atoms with van der Waals surface area (Å²) in [5.41, 5.74) is 2.07. The summed E-state index contributed by atoms with van der Waals surface area (Å²) < 4.78 is 2.75. The lowest BCUT2D eigenvalue weighted by atomic mass is 10.1. The van der Waals surface area contributed by atoms with Crippen molar-refractivity contribution in [3.63, 3.8) is 0 Å². The number of pyridine rings is 1. The van der Waals surface area contributed by atoms with E-state index in [1.165, 1.54) is 0 Å². The van der Waals surface area contributed by atoms with Gasteiger partial charge in [0.15, 0.2) is 23.1 Å². The lowest BCUT2D eigenvalue weighted by Crippen LogP contribution is -2.38. The summed E-state index contributed by atoms with van der Waals surface area (Å²) in [6, 6.07) is 22.8. The molecule has 3 aromatic rings. The molecule has 0 saturated carbocycles. The average Bonchev–Trinajstić information content (AvgIpc) is 2.64. The number of aromatic nitrogens is 1. The molecule has 5 heteroatoms. The highest BCUT2D eigenvalue weighted by atomic mass is 79.9. The summed E-state index contributed by atoms with van der Waals surface area (Å²) in [6.07, 6.45) is 3.70. The van der Waals surface area contributed by atoms with Crippen LogP contribution in [0, 0.1) is 0 Å². The van der Waals surface area contributed by atoms with E-state index in [2.05, 4.69) is 21.2 Å². The van der Waals surface area contributed by atoms with Crippen LogP contribution >= 0.6 is 28.1 Å². The number of thiocarbonyl (C=S) groups is 1. The molecule has 0 unspecified atom stereocenters. The minimum atomic E-state index is 0.108. The Morgan fingerprint density at radius 1 is 0.880 bits per heavy atom. The normalized spacial score (nSPS) is 11.6. The molecular formula is C20H16BrN2OS+. The van der Waals surface area contributed by atoms with E-state index >= 15 is 0 Å². The molecule has 0 atom stereocenters. The molecule has 3 rings (SSSR count). The molecule has 1 aromatic heterocycles. The molecule has 25 heavy (non-hydrogen) atoms. The van der Waals surface area contributed by atoms with E-state index in [9.17, 15) is 5.11 Å². The van der Waals surface area contributed by atoms with Gasteiger partial charge in [0.05, 0.1) is 0 Å². The standard InChI is InChI=1S/C20H15BrN2OS/c21-16-11-9-15(10-12-16)19(24)18(23-13-5-2-6-14-23)20(25)22-17-7-3-1-4-8-17/h1-14H,(H-,22,24,25)/p+1. The molecule has 2 N–H and O–H groups in total. The number of nitrogens with one attached hydrogen (secondary N) is 1. The first-order valence-electron chi connectivity index (χ1n) is 7.67. The number of hydrogen-bond acceptors (Lipinski definition) is 2. The molecule has 0 aliphatic rings. The van der Waals surface area contributed by atoms with Gasteiger partial charge in [-0.1, -0.05) is 52.4 Å². The number of anilines is 1. The van der Waals surface area contributed by atoms with E-state index in [0.29, 0.717) is 16.2 Å². The van der Waals surface area contributed by atoms with Crippen LogP contribution in [-0.2, 0) is 0 Å². The lowest BCUT2D eigenvalue weighted by Gasteiger charge is -2.10. The van der Waals surface area contributed by atoms with E-state index in [1.54, 1.807) is 4.57 Å². The van der Waals surface area contributed by atoms with Crippen molar-refractivity contribution in [2.75, 3.05) is 5.32 Å². The predicted octanol–water partition coefficient (Wildman–Crippen LogP) is 5.06. The van der Waals surface area contributed by atoms with Gasteiger partial charge in [0.1, 0.15) is 0 Å². The van der Waals surface area contributed by atoms with Crippen molar-refractivity contribution in [2.24, 2.45) is 0 Å². The van der Waals surface area contributed by atoms with Gasteiger partial charge in [-0.2, -0.15) is 4.57 Å². The van der Waals surface area contributed by atoms with Gasteiger partial charge in [0, 0.05) is 27.9 Å². The summed E-state index contributed by atoms with van der Waals surface area (Å²) in [5.74, 6) is 0.108. The fraction of sp³-hybridized carbons (Fsp3) is 0. The minimum Gasteiger partial charge on any atom is -0.502 e. The molecular weight excluding hydrogens is 396 g/mol. The number of aliphatic hydroxyl groups excluding tert-OH is 1. The van der Waals surface area contributed by atoms with Crippen molar-refractivity contribution in [2.45, 2.75) is 0 Å². The second-order valence-electron chi connectivity index (χ2n) is 5.31. The second-order valence-corrected chi connectivity index (χ2v) is 6.63. The smallest absolute Gasteiger partial charge is 0.288 e. The van der Waals surface area contributed by atoms with Crippen LogP contribution in [0.3, 0.4) is 0 Å². The van der Waals surface area contributed by atoms with Crippen LogP contribution in [0.2, 0.25) is 0 Å². The molecule has 0 aliphatic heterocycles. The molecule has 124 valence electrons. The maximum absolute atomic E-state index is 10.9. The molecule has 2 aromatic carbocycles. The van der Waals surface area contributed by atoms with Crippen LogP contribution in [-0.4, -0.2) is 10.1 Å². The molecule has 0 spiro atoms. The van der Waals surface area contributed by atoms with Gasteiger partial charge in [0.25, 0.3) is 5.70 Å². The first-order chi connectivity index (χ1) is 12.1. The average molecular weight is 412 g/mol.